The molecule has 0 aromatic carbocycles. The zero-order chi connectivity index (χ0) is 19.9. The van der Waals surface area contributed by atoms with Gasteiger partial charge < -0.3 is 9.64 Å². The number of carbonyl (C=O) groups excluding carboxylic acids is 1. The molecule has 0 unspecified atom stereocenters. The largest absolute Gasteiger partial charge is 0.444 e. The van der Waals surface area contributed by atoms with Gasteiger partial charge in [0.05, 0.1) is 0 Å². The Bertz CT molecular complexity index is 775. The fourth-order valence-corrected chi connectivity index (χ4v) is 3.94. The van der Waals surface area contributed by atoms with Crippen LogP contribution in [0.2, 0.25) is 0 Å². The Morgan fingerprint density at radius 3 is 2.12 bits per heavy atom. The quantitative estimate of drug-likeness (QED) is 0.757. The summed E-state index contributed by atoms with van der Waals surface area (Å²) >= 11 is 0. The lowest BCUT2D eigenvalue weighted by Crippen LogP contribution is -2.51. The number of hydrogen-bond donors (Lipinski definition) is 0. The van der Waals surface area contributed by atoms with Crippen molar-refractivity contribution in [1.82, 2.24) is 19.0 Å². The van der Waals surface area contributed by atoms with Gasteiger partial charge in [-0.05, 0) is 20.8 Å². The molecule has 2 heterocycles. The van der Waals surface area contributed by atoms with Gasteiger partial charge in [0, 0.05) is 39.3 Å². The standard InChI is InChI=1S/C14H21F3N4O4S/c1-13(2,3)25-12(22)20-5-7-21(8-6-20)26(23,24)11-9-10(14(15,16)17)18-19(11)4/h9H,5-8H2,1-4H3. The Morgan fingerprint density at radius 1 is 1.15 bits per heavy atom. The molecule has 8 nitrogen and oxygen atoms in total. The van der Waals surface area contributed by atoms with Gasteiger partial charge in [-0.2, -0.15) is 22.6 Å². The molecule has 1 aliphatic rings. The molecule has 1 saturated heterocycles. The van der Waals surface area contributed by atoms with Crippen LogP contribution in [-0.2, 0) is 28.0 Å². The van der Waals surface area contributed by atoms with E-state index < -0.39 is 38.6 Å². The maximum absolute atomic E-state index is 12.7. The molecule has 0 atom stereocenters. The van der Waals surface area contributed by atoms with E-state index in [-0.39, 0.29) is 26.2 Å². The van der Waals surface area contributed by atoms with Gasteiger partial charge >= 0.3 is 12.3 Å². The Morgan fingerprint density at radius 2 is 1.69 bits per heavy atom. The minimum absolute atomic E-state index is 0.0475. The molecule has 148 valence electrons. The molecular weight excluding hydrogens is 377 g/mol. The number of nitrogens with zero attached hydrogens (tertiary/aromatic N) is 4. The van der Waals surface area contributed by atoms with E-state index in [0.717, 1.165) is 11.4 Å². The molecule has 0 radical (unpaired) electrons. The minimum atomic E-state index is -4.74. The average Bonchev–Trinajstić information content (AvgIpc) is 2.88. The van der Waals surface area contributed by atoms with E-state index in [2.05, 4.69) is 5.10 Å². The fourth-order valence-electron chi connectivity index (χ4n) is 2.40. The number of alkyl halides is 3. The minimum Gasteiger partial charge on any atom is -0.444 e. The zero-order valence-electron chi connectivity index (χ0n) is 14.9. The van der Waals surface area contributed by atoms with Crippen LogP contribution in [0.15, 0.2) is 11.1 Å². The second-order valence-electron chi connectivity index (χ2n) is 6.86. The van der Waals surface area contributed by atoms with Gasteiger partial charge in [0.25, 0.3) is 10.0 Å². The van der Waals surface area contributed by atoms with Crippen molar-refractivity contribution in [2.75, 3.05) is 26.2 Å². The summed E-state index contributed by atoms with van der Waals surface area (Å²) in [5.74, 6) is 0. The van der Waals surface area contributed by atoms with E-state index >= 15 is 0 Å². The topological polar surface area (TPSA) is 84.7 Å². The van der Waals surface area contributed by atoms with Crippen molar-refractivity contribution < 1.29 is 31.1 Å². The van der Waals surface area contributed by atoms with Crippen LogP contribution in [0.25, 0.3) is 0 Å². The van der Waals surface area contributed by atoms with E-state index in [1.54, 1.807) is 20.8 Å². The molecular formula is C14H21F3N4O4S. The summed E-state index contributed by atoms with van der Waals surface area (Å²) in [5.41, 5.74) is -1.95. The molecule has 1 aromatic heterocycles. The summed E-state index contributed by atoms with van der Waals surface area (Å²) in [5, 5.41) is 2.68. The Kier molecular flexibility index (Phi) is 5.30. The highest BCUT2D eigenvalue weighted by Gasteiger charge is 2.39. The molecule has 2 rings (SSSR count). The first kappa shape index (κ1) is 20.5. The second kappa shape index (κ2) is 6.72. The van der Waals surface area contributed by atoms with Crippen LogP contribution in [0.4, 0.5) is 18.0 Å². The summed E-state index contributed by atoms with van der Waals surface area (Å²) in [7, 11) is -3.02. The van der Waals surface area contributed by atoms with Crippen molar-refractivity contribution in [3.8, 4) is 0 Å². The number of sulfonamides is 1. The Labute approximate surface area is 149 Å². The number of aryl methyl sites for hydroxylation is 1. The third-order valence-electron chi connectivity index (χ3n) is 3.62. The van der Waals surface area contributed by atoms with Gasteiger partial charge in [-0.15, -0.1) is 0 Å². The molecule has 0 saturated carbocycles. The van der Waals surface area contributed by atoms with Crippen molar-refractivity contribution in [1.29, 1.82) is 0 Å². The lowest BCUT2D eigenvalue weighted by atomic mass is 10.2. The van der Waals surface area contributed by atoms with Gasteiger partial charge in [0.2, 0.25) is 0 Å². The SMILES string of the molecule is Cn1nc(C(F)(F)F)cc1S(=O)(=O)N1CCN(C(=O)OC(C)(C)C)CC1. The van der Waals surface area contributed by atoms with Gasteiger partial charge in [-0.3, -0.25) is 4.68 Å². The number of amides is 1. The van der Waals surface area contributed by atoms with Crippen molar-refractivity contribution in [2.45, 2.75) is 37.6 Å². The second-order valence-corrected chi connectivity index (χ2v) is 8.75. The van der Waals surface area contributed by atoms with Crippen LogP contribution < -0.4 is 0 Å². The van der Waals surface area contributed by atoms with Crippen LogP contribution in [0.3, 0.4) is 0 Å². The number of halogens is 3. The molecule has 0 spiro atoms. The first-order valence-electron chi connectivity index (χ1n) is 7.81. The van der Waals surface area contributed by atoms with E-state index in [1.165, 1.54) is 4.90 Å². The van der Waals surface area contributed by atoms with Crippen molar-refractivity contribution in [3.05, 3.63) is 11.8 Å². The van der Waals surface area contributed by atoms with Crippen LogP contribution in [-0.4, -0.2) is 65.3 Å². The zero-order valence-corrected chi connectivity index (χ0v) is 15.7. The number of hydrogen-bond acceptors (Lipinski definition) is 5. The number of piperazine rings is 1. The maximum Gasteiger partial charge on any atom is 0.435 e. The highest BCUT2D eigenvalue weighted by Crippen LogP contribution is 2.30. The molecule has 1 fully saturated rings. The summed E-state index contributed by atoms with van der Waals surface area (Å²) in [6.07, 6.45) is -5.30. The third-order valence-corrected chi connectivity index (χ3v) is 5.58. The van der Waals surface area contributed by atoms with E-state index in [0.29, 0.717) is 10.7 Å². The summed E-state index contributed by atoms with van der Waals surface area (Å²) in [4.78, 5) is 13.4. The van der Waals surface area contributed by atoms with E-state index in [9.17, 15) is 26.4 Å². The van der Waals surface area contributed by atoms with Crippen LogP contribution >= 0.6 is 0 Å². The molecule has 12 heteroatoms. The monoisotopic (exact) mass is 398 g/mol. The van der Waals surface area contributed by atoms with E-state index in [1.807, 2.05) is 0 Å². The van der Waals surface area contributed by atoms with Crippen molar-refractivity contribution in [2.24, 2.45) is 7.05 Å². The van der Waals surface area contributed by atoms with Gasteiger partial charge in [-0.25, -0.2) is 13.2 Å². The summed E-state index contributed by atoms with van der Waals surface area (Å²) in [6, 6.07) is 0.509. The Hall–Kier alpha value is -1.82. The summed E-state index contributed by atoms with van der Waals surface area (Å²) in [6.45, 7) is 5.21. The van der Waals surface area contributed by atoms with Crippen molar-refractivity contribution >= 4 is 16.1 Å². The average molecular weight is 398 g/mol. The van der Waals surface area contributed by atoms with E-state index in [4.69, 9.17) is 4.74 Å². The molecule has 1 aromatic rings. The van der Waals surface area contributed by atoms with Crippen LogP contribution in [0.1, 0.15) is 26.5 Å². The van der Waals surface area contributed by atoms with Crippen LogP contribution in [0.5, 0.6) is 0 Å². The molecule has 1 amide bonds. The molecule has 1 aliphatic heterocycles. The highest BCUT2D eigenvalue weighted by molar-refractivity contribution is 7.89. The lowest BCUT2D eigenvalue weighted by molar-refractivity contribution is -0.141. The number of ether oxygens (including phenoxy) is 1. The highest BCUT2D eigenvalue weighted by atomic mass is 32.2. The third kappa shape index (κ3) is 4.47. The summed E-state index contributed by atoms with van der Waals surface area (Å²) < 4.78 is 70.4. The first-order valence-corrected chi connectivity index (χ1v) is 9.25. The van der Waals surface area contributed by atoms with Crippen LogP contribution in [0, 0.1) is 0 Å². The smallest absolute Gasteiger partial charge is 0.435 e. The van der Waals surface area contributed by atoms with Crippen molar-refractivity contribution in [3.63, 3.8) is 0 Å². The Balaban J connectivity index is 2.11. The molecule has 0 N–H and O–H groups in total. The number of aromatic nitrogens is 2. The molecule has 0 bridgehead atoms. The van der Waals surface area contributed by atoms with Gasteiger partial charge in [0.1, 0.15) is 5.60 Å². The normalized spacial score (nSPS) is 17.4. The predicted molar refractivity (Wildman–Crippen MR) is 84.8 cm³/mol. The molecule has 26 heavy (non-hydrogen) atoms. The fraction of sp³-hybridized carbons (Fsp3) is 0.714. The lowest BCUT2D eigenvalue weighted by Gasteiger charge is -2.34. The van der Waals surface area contributed by atoms with Gasteiger partial charge in [0.15, 0.2) is 10.7 Å². The molecule has 0 aliphatic carbocycles. The predicted octanol–water partition coefficient (Wildman–Crippen LogP) is 1.68. The maximum atomic E-state index is 12.7. The van der Waals surface area contributed by atoms with Gasteiger partial charge in [-0.1, -0.05) is 0 Å². The number of rotatable bonds is 2. The number of carbonyl (C=O) groups is 1. The first-order chi connectivity index (χ1) is 11.7.